The molecule has 2 rings (SSSR count). The number of nitrogens with one attached hydrogen (secondary N) is 1. The molecule has 4 heteroatoms. The highest BCUT2D eigenvalue weighted by atomic mass is 127. The van der Waals surface area contributed by atoms with Crippen molar-refractivity contribution < 1.29 is 9.50 Å². The van der Waals surface area contributed by atoms with Gasteiger partial charge < -0.3 is 10.4 Å². The molecule has 0 amide bonds. The summed E-state index contributed by atoms with van der Waals surface area (Å²) in [7, 11) is 0. The largest absolute Gasteiger partial charge is 0.508 e. The minimum atomic E-state index is -0.344. The summed E-state index contributed by atoms with van der Waals surface area (Å²) in [4.78, 5) is 0. The molecular formula is C14H13FINO. The summed E-state index contributed by atoms with van der Waals surface area (Å²) in [5, 5.41) is 12.8. The number of phenolic OH excluding ortho intramolecular Hbond substituents is 1. The van der Waals surface area contributed by atoms with Gasteiger partial charge in [-0.2, -0.15) is 0 Å². The van der Waals surface area contributed by atoms with Gasteiger partial charge in [-0.25, -0.2) is 4.39 Å². The number of anilines is 1. The van der Waals surface area contributed by atoms with Crippen molar-refractivity contribution in [3.8, 4) is 5.75 Å². The molecule has 0 fully saturated rings. The molecule has 94 valence electrons. The molecule has 0 saturated carbocycles. The van der Waals surface area contributed by atoms with Crippen LogP contribution in [0.1, 0.15) is 11.1 Å². The zero-order chi connectivity index (χ0) is 13.1. The van der Waals surface area contributed by atoms with E-state index in [4.69, 9.17) is 0 Å². The first-order valence-electron chi connectivity index (χ1n) is 5.54. The Morgan fingerprint density at radius 2 is 2.06 bits per heavy atom. The summed E-state index contributed by atoms with van der Waals surface area (Å²) in [5.41, 5.74) is 2.69. The van der Waals surface area contributed by atoms with E-state index < -0.39 is 0 Å². The third-order valence-corrected chi connectivity index (χ3v) is 3.95. The van der Waals surface area contributed by atoms with Crippen LogP contribution < -0.4 is 5.32 Å². The summed E-state index contributed by atoms with van der Waals surface area (Å²) >= 11 is 2.27. The molecular weight excluding hydrogens is 344 g/mol. The van der Waals surface area contributed by atoms with Crippen molar-refractivity contribution in [2.24, 2.45) is 0 Å². The highest BCUT2D eigenvalue weighted by molar-refractivity contribution is 14.1. The van der Waals surface area contributed by atoms with E-state index in [0.29, 0.717) is 12.1 Å². The Morgan fingerprint density at radius 1 is 1.28 bits per heavy atom. The molecule has 0 unspecified atom stereocenters. The predicted molar refractivity (Wildman–Crippen MR) is 79.3 cm³/mol. The standard InChI is InChI=1S/C14H13FINO/c1-9-12(16)3-2-4-13(9)17-8-10-7-11(15)5-6-14(10)18/h2-7,17-18H,8H2,1H3. The Balaban J connectivity index is 2.16. The van der Waals surface area contributed by atoms with E-state index in [0.717, 1.165) is 11.3 Å². The van der Waals surface area contributed by atoms with Crippen molar-refractivity contribution >= 4 is 28.3 Å². The van der Waals surface area contributed by atoms with Gasteiger partial charge in [0.25, 0.3) is 0 Å². The van der Waals surface area contributed by atoms with Gasteiger partial charge in [0.05, 0.1) is 0 Å². The zero-order valence-electron chi connectivity index (χ0n) is 9.87. The average Bonchev–Trinajstić information content (AvgIpc) is 2.35. The molecule has 2 N–H and O–H groups in total. The van der Waals surface area contributed by atoms with Crippen molar-refractivity contribution in [1.82, 2.24) is 0 Å². The Kier molecular flexibility index (Phi) is 4.06. The number of rotatable bonds is 3. The topological polar surface area (TPSA) is 32.3 Å². The summed E-state index contributed by atoms with van der Waals surface area (Å²) < 4.78 is 14.2. The van der Waals surface area contributed by atoms with E-state index in [1.54, 1.807) is 0 Å². The second-order valence-corrected chi connectivity index (χ2v) is 5.20. The van der Waals surface area contributed by atoms with E-state index >= 15 is 0 Å². The van der Waals surface area contributed by atoms with Crippen LogP contribution in [0.2, 0.25) is 0 Å². The maximum Gasteiger partial charge on any atom is 0.123 e. The van der Waals surface area contributed by atoms with E-state index in [1.807, 2.05) is 25.1 Å². The van der Waals surface area contributed by atoms with Crippen molar-refractivity contribution in [2.45, 2.75) is 13.5 Å². The zero-order valence-corrected chi connectivity index (χ0v) is 12.0. The third-order valence-electron chi connectivity index (χ3n) is 2.78. The molecule has 18 heavy (non-hydrogen) atoms. The van der Waals surface area contributed by atoms with Crippen LogP contribution in [0.15, 0.2) is 36.4 Å². The molecule has 0 radical (unpaired) electrons. The Labute approximate surface area is 119 Å². The Bertz CT molecular complexity index is 570. The van der Waals surface area contributed by atoms with Crippen LogP contribution in [0, 0.1) is 16.3 Å². The van der Waals surface area contributed by atoms with Crippen molar-refractivity contribution in [1.29, 1.82) is 0 Å². The number of halogens is 2. The molecule has 0 aliphatic carbocycles. The molecule has 0 spiro atoms. The normalized spacial score (nSPS) is 10.4. The van der Waals surface area contributed by atoms with Gasteiger partial charge in [-0.15, -0.1) is 0 Å². The summed E-state index contributed by atoms with van der Waals surface area (Å²) in [6, 6.07) is 9.91. The summed E-state index contributed by atoms with van der Waals surface area (Å²) in [6.07, 6.45) is 0. The van der Waals surface area contributed by atoms with Crippen LogP contribution in [0.4, 0.5) is 10.1 Å². The van der Waals surface area contributed by atoms with Gasteiger partial charge >= 0.3 is 0 Å². The van der Waals surface area contributed by atoms with Gasteiger partial charge in [-0.05, 0) is 65.4 Å². The highest BCUT2D eigenvalue weighted by Crippen LogP contribution is 2.23. The van der Waals surface area contributed by atoms with Gasteiger partial charge in [0.2, 0.25) is 0 Å². The van der Waals surface area contributed by atoms with Crippen molar-refractivity contribution in [2.75, 3.05) is 5.32 Å². The van der Waals surface area contributed by atoms with Crippen LogP contribution >= 0.6 is 22.6 Å². The number of aromatic hydroxyl groups is 1. The van der Waals surface area contributed by atoms with E-state index in [9.17, 15) is 9.50 Å². The van der Waals surface area contributed by atoms with Crippen molar-refractivity contribution in [3.05, 3.63) is 56.9 Å². The average molecular weight is 357 g/mol. The van der Waals surface area contributed by atoms with Crippen LogP contribution in [0.5, 0.6) is 5.75 Å². The molecule has 0 atom stereocenters. The first-order chi connectivity index (χ1) is 8.58. The maximum atomic E-state index is 13.1. The molecule has 0 aliphatic heterocycles. The van der Waals surface area contributed by atoms with E-state index in [1.165, 1.54) is 21.8 Å². The maximum absolute atomic E-state index is 13.1. The number of benzene rings is 2. The number of hydrogen-bond acceptors (Lipinski definition) is 2. The number of hydrogen-bond donors (Lipinski definition) is 2. The molecule has 2 aromatic carbocycles. The van der Waals surface area contributed by atoms with Crippen LogP contribution in [-0.4, -0.2) is 5.11 Å². The molecule has 0 heterocycles. The van der Waals surface area contributed by atoms with Gasteiger partial charge in [0.1, 0.15) is 11.6 Å². The lowest BCUT2D eigenvalue weighted by molar-refractivity contribution is 0.466. The third kappa shape index (κ3) is 2.93. The second-order valence-electron chi connectivity index (χ2n) is 4.04. The lowest BCUT2D eigenvalue weighted by Gasteiger charge is -2.11. The van der Waals surface area contributed by atoms with Crippen LogP contribution in [-0.2, 0) is 6.54 Å². The molecule has 0 bridgehead atoms. The van der Waals surface area contributed by atoms with Crippen molar-refractivity contribution in [3.63, 3.8) is 0 Å². The van der Waals surface area contributed by atoms with E-state index in [2.05, 4.69) is 27.9 Å². The van der Waals surface area contributed by atoms with E-state index in [-0.39, 0.29) is 11.6 Å². The van der Waals surface area contributed by atoms with Gasteiger partial charge in [-0.3, -0.25) is 0 Å². The summed E-state index contributed by atoms with van der Waals surface area (Å²) in [5.74, 6) is -0.240. The Hall–Kier alpha value is -1.30. The first-order valence-corrected chi connectivity index (χ1v) is 6.62. The Morgan fingerprint density at radius 3 is 2.83 bits per heavy atom. The fourth-order valence-electron chi connectivity index (χ4n) is 1.69. The van der Waals surface area contributed by atoms with Gasteiger partial charge in [0.15, 0.2) is 0 Å². The molecule has 0 aromatic heterocycles. The number of phenols is 1. The van der Waals surface area contributed by atoms with Gasteiger partial charge in [0, 0.05) is 21.4 Å². The monoisotopic (exact) mass is 357 g/mol. The highest BCUT2D eigenvalue weighted by Gasteiger charge is 2.05. The molecule has 2 nitrogen and oxygen atoms in total. The molecule has 0 aliphatic rings. The quantitative estimate of drug-likeness (QED) is 0.813. The van der Waals surface area contributed by atoms with Crippen LogP contribution in [0.3, 0.4) is 0 Å². The predicted octanol–water partition coefficient (Wildman–Crippen LogP) is 4.06. The lowest BCUT2D eigenvalue weighted by Crippen LogP contribution is -2.02. The second kappa shape index (κ2) is 5.56. The fraction of sp³-hybridized carbons (Fsp3) is 0.143. The minimum absolute atomic E-state index is 0.104. The van der Waals surface area contributed by atoms with Crippen LogP contribution in [0.25, 0.3) is 0 Å². The van der Waals surface area contributed by atoms with Gasteiger partial charge in [-0.1, -0.05) is 6.07 Å². The minimum Gasteiger partial charge on any atom is -0.508 e. The fourth-order valence-corrected chi connectivity index (χ4v) is 2.18. The lowest BCUT2D eigenvalue weighted by atomic mass is 10.1. The first kappa shape index (κ1) is 13.1. The molecule has 0 saturated heterocycles. The summed E-state index contributed by atoms with van der Waals surface area (Å²) in [6.45, 7) is 2.42. The SMILES string of the molecule is Cc1c(I)cccc1NCc1cc(F)ccc1O. The smallest absolute Gasteiger partial charge is 0.123 e. The molecule has 2 aromatic rings.